The summed E-state index contributed by atoms with van der Waals surface area (Å²) in [5.41, 5.74) is 2.95. The summed E-state index contributed by atoms with van der Waals surface area (Å²) < 4.78 is 19.0. The molecule has 1 unspecified atom stereocenters. The zero-order chi connectivity index (χ0) is 19.8. The van der Waals surface area contributed by atoms with Gasteiger partial charge in [0.05, 0.1) is 19.3 Å². The normalized spacial score (nSPS) is 16.0. The molecule has 1 atom stereocenters. The Balaban J connectivity index is 0.00000300. The largest absolute Gasteiger partial charge is 0.379 e. The highest BCUT2D eigenvalue weighted by atomic mass is 127. The fourth-order valence-corrected chi connectivity index (χ4v) is 3.44. The minimum absolute atomic E-state index is 0. The SMILES string of the molecule is CN=C(NCc1ccc(F)c(C)c1)NCC(c1ccccc1)N1CCOCC1.I. The van der Waals surface area contributed by atoms with E-state index in [-0.39, 0.29) is 35.8 Å². The van der Waals surface area contributed by atoms with E-state index < -0.39 is 0 Å². The van der Waals surface area contributed by atoms with Crippen LogP contribution in [0.4, 0.5) is 4.39 Å². The summed E-state index contributed by atoms with van der Waals surface area (Å²) in [5, 5.41) is 6.76. The molecule has 0 amide bonds. The molecule has 0 spiro atoms. The number of ether oxygens (including phenoxy) is 1. The maximum atomic E-state index is 13.4. The number of aliphatic imine (C=N–C) groups is 1. The van der Waals surface area contributed by atoms with Crippen molar-refractivity contribution in [2.24, 2.45) is 4.99 Å². The van der Waals surface area contributed by atoms with E-state index in [4.69, 9.17) is 4.74 Å². The second-order valence-electron chi connectivity index (χ2n) is 6.97. The van der Waals surface area contributed by atoms with Crippen LogP contribution in [0.25, 0.3) is 0 Å². The Morgan fingerprint density at radius 3 is 2.52 bits per heavy atom. The van der Waals surface area contributed by atoms with E-state index in [0.717, 1.165) is 44.4 Å². The quantitative estimate of drug-likeness (QED) is 0.354. The number of hydrogen-bond donors (Lipinski definition) is 2. The molecule has 2 aromatic rings. The summed E-state index contributed by atoms with van der Waals surface area (Å²) in [5.74, 6) is 0.554. The monoisotopic (exact) mass is 512 g/mol. The van der Waals surface area contributed by atoms with Gasteiger partial charge in [0.15, 0.2) is 5.96 Å². The molecule has 29 heavy (non-hydrogen) atoms. The second-order valence-corrected chi connectivity index (χ2v) is 6.97. The fraction of sp³-hybridized carbons (Fsp3) is 0.409. The average molecular weight is 512 g/mol. The third kappa shape index (κ3) is 6.94. The first-order chi connectivity index (χ1) is 13.7. The van der Waals surface area contributed by atoms with Crippen LogP contribution in [0.2, 0.25) is 0 Å². The van der Waals surface area contributed by atoms with Gasteiger partial charge in [-0.3, -0.25) is 9.89 Å². The summed E-state index contributed by atoms with van der Waals surface area (Å²) in [6.45, 7) is 6.48. The molecule has 0 bridgehead atoms. The zero-order valence-corrected chi connectivity index (χ0v) is 19.4. The van der Waals surface area contributed by atoms with Gasteiger partial charge in [0.1, 0.15) is 5.82 Å². The molecule has 1 heterocycles. The van der Waals surface area contributed by atoms with Crippen LogP contribution >= 0.6 is 24.0 Å². The van der Waals surface area contributed by atoms with Crippen LogP contribution in [0.5, 0.6) is 0 Å². The molecule has 0 aromatic heterocycles. The number of nitrogens with zero attached hydrogens (tertiary/aromatic N) is 2. The van der Waals surface area contributed by atoms with E-state index in [9.17, 15) is 4.39 Å². The third-order valence-corrected chi connectivity index (χ3v) is 5.04. The van der Waals surface area contributed by atoms with Crippen LogP contribution in [0, 0.1) is 12.7 Å². The molecule has 2 aromatic carbocycles. The van der Waals surface area contributed by atoms with Crippen molar-refractivity contribution < 1.29 is 9.13 Å². The van der Waals surface area contributed by atoms with Crippen molar-refractivity contribution in [1.82, 2.24) is 15.5 Å². The number of morpholine rings is 1. The maximum Gasteiger partial charge on any atom is 0.191 e. The molecule has 1 aliphatic rings. The number of rotatable bonds is 6. The molecule has 0 saturated carbocycles. The third-order valence-electron chi connectivity index (χ3n) is 5.04. The molecule has 158 valence electrons. The van der Waals surface area contributed by atoms with Gasteiger partial charge in [0.25, 0.3) is 0 Å². The molecule has 3 rings (SSSR count). The Kier molecular flexibility index (Phi) is 9.83. The second kappa shape index (κ2) is 12.1. The van der Waals surface area contributed by atoms with Crippen molar-refractivity contribution >= 4 is 29.9 Å². The molecule has 0 aliphatic carbocycles. The molecule has 5 nitrogen and oxygen atoms in total. The Hall–Kier alpha value is -1.71. The van der Waals surface area contributed by atoms with Crippen LogP contribution in [0.1, 0.15) is 22.7 Å². The van der Waals surface area contributed by atoms with Crippen LogP contribution in [-0.4, -0.2) is 50.8 Å². The van der Waals surface area contributed by atoms with E-state index in [1.165, 1.54) is 11.6 Å². The summed E-state index contributed by atoms with van der Waals surface area (Å²) in [6, 6.07) is 15.9. The molecule has 7 heteroatoms. The molecule has 2 N–H and O–H groups in total. The van der Waals surface area contributed by atoms with E-state index in [1.54, 1.807) is 20.0 Å². The summed E-state index contributed by atoms with van der Waals surface area (Å²) in [7, 11) is 1.76. The van der Waals surface area contributed by atoms with Gasteiger partial charge in [0.2, 0.25) is 0 Å². The zero-order valence-electron chi connectivity index (χ0n) is 17.0. The van der Waals surface area contributed by atoms with E-state index in [1.807, 2.05) is 12.1 Å². The van der Waals surface area contributed by atoms with Gasteiger partial charge < -0.3 is 15.4 Å². The topological polar surface area (TPSA) is 48.9 Å². The highest BCUT2D eigenvalue weighted by Crippen LogP contribution is 2.21. The standard InChI is InChI=1S/C22H29FN4O.HI/c1-17-14-18(8-9-20(17)23)15-25-22(24-2)26-16-21(19-6-4-3-5-7-19)27-10-12-28-13-11-27;/h3-9,14,21H,10-13,15-16H2,1-2H3,(H2,24,25,26);1H. The van der Waals surface area contributed by atoms with Gasteiger partial charge in [-0.2, -0.15) is 0 Å². The minimum atomic E-state index is -0.178. The van der Waals surface area contributed by atoms with Crippen molar-refractivity contribution in [1.29, 1.82) is 0 Å². The van der Waals surface area contributed by atoms with Gasteiger partial charge in [-0.05, 0) is 29.7 Å². The van der Waals surface area contributed by atoms with Crippen LogP contribution in [-0.2, 0) is 11.3 Å². The van der Waals surface area contributed by atoms with Gasteiger partial charge in [-0.15, -0.1) is 24.0 Å². The number of halogens is 2. The lowest BCUT2D eigenvalue weighted by Crippen LogP contribution is -2.46. The summed E-state index contributed by atoms with van der Waals surface area (Å²) in [6.07, 6.45) is 0. The Morgan fingerprint density at radius 1 is 1.14 bits per heavy atom. The lowest BCUT2D eigenvalue weighted by molar-refractivity contribution is 0.0170. The van der Waals surface area contributed by atoms with Gasteiger partial charge in [-0.25, -0.2) is 4.39 Å². The van der Waals surface area contributed by atoms with Crippen LogP contribution < -0.4 is 10.6 Å². The minimum Gasteiger partial charge on any atom is -0.379 e. The lowest BCUT2D eigenvalue weighted by atomic mass is 10.0. The smallest absolute Gasteiger partial charge is 0.191 e. The number of guanidine groups is 1. The predicted octanol–water partition coefficient (Wildman–Crippen LogP) is 3.49. The Bertz CT molecular complexity index is 782. The van der Waals surface area contributed by atoms with Crippen molar-refractivity contribution in [2.45, 2.75) is 19.5 Å². The first kappa shape index (κ1) is 23.6. The van der Waals surface area contributed by atoms with Crippen LogP contribution in [0.3, 0.4) is 0 Å². The molecule has 1 aliphatic heterocycles. The first-order valence-electron chi connectivity index (χ1n) is 9.73. The number of nitrogens with one attached hydrogen (secondary N) is 2. The Labute approximate surface area is 189 Å². The molecular weight excluding hydrogens is 482 g/mol. The van der Waals surface area contributed by atoms with E-state index >= 15 is 0 Å². The van der Waals surface area contributed by atoms with Gasteiger partial charge >= 0.3 is 0 Å². The van der Waals surface area contributed by atoms with Crippen LogP contribution in [0.15, 0.2) is 53.5 Å². The van der Waals surface area contributed by atoms with Crippen molar-refractivity contribution in [3.63, 3.8) is 0 Å². The lowest BCUT2D eigenvalue weighted by Gasteiger charge is -2.35. The highest BCUT2D eigenvalue weighted by Gasteiger charge is 2.22. The van der Waals surface area contributed by atoms with Crippen molar-refractivity contribution in [3.8, 4) is 0 Å². The predicted molar refractivity (Wildman–Crippen MR) is 126 cm³/mol. The average Bonchev–Trinajstić information content (AvgIpc) is 2.74. The molecule has 0 radical (unpaired) electrons. The fourth-order valence-electron chi connectivity index (χ4n) is 3.44. The van der Waals surface area contributed by atoms with Crippen molar-refractivity contribution in [2.75, 3.05) is 39.9 Å². The molecular formula is C22H30FIN4O. The van der Waals surface area contributed by atoms with Gasteiger partial charge in [-0.1, -0.05) is 42.5 Å². The summed E-state index contributed by atoms with van der Waals surface area (Å²) in [4.78, 5) is 6.78. The Morgan fingerprint density at radius 2 is 1.86 bits per heavy atom. The number of benzene rings is 2. The molecule has 1 saturated heterocycles. The van der Waals surface area contributed by atoms with Crippen molar-refractivity contribution in [3.05, 3.63) is 71.0 Å². The highest BCUT2D eigenvalue weighted by molar-refractivity contribution is 14.0. The number of hydrogen-bond acceptors (Lipinski definition) is 3. The summed E-state index contributed by atoms with van der Waals surface area (Å²) >= 11 is 0. The maximum absolute atomic E-state index is 13.4. The first-order valence-corrected chi connectivity index (χ1v) is 9.73. The van der Waals surface area contributed by atoms with Gasteiger partial charge in [0, 0.05) is 33.2 Å². The number of aryl methyl sites for hydroxylation is 1. The molecule has 1 fully saturated rings. The van der Waals surface area contributed by atoms with E-state index in [2.05, 4.69) is 44.8 Å². The van der Waals surface area contributed by atoms with E-state index in [0.29, 0.717) is 12.1 Å².